The van der Waals surface area contributed by atoms with E-state index >= 15 is 0 Å². The monoisotopic (exact) mass is 260 g/mol. The van der Waals surface area contributed by atoms with Gasteiger partial charge in [0.2, 0.25) is 0 Å². The molecule has 1 aromatic heterocycles. The molecule has 0 aliphatic rings. The lowest BCUT2D eigenvalue weighted by Crippen LogP contribution is -2.24. The normalized spacial score (nSPS) is 9.89. The predicted octanol–water partition coefficient (Wildman–Crippen LogP) is 1.83. The van der Waals surface area contributed by atoms with Gasteiger partial charge >= 0.3 is 11.7 Å². The minimum Gasteiger partial charge on any atom is -0.444 e. The number of carbonyl (C=O) groups is 1. The highest BCUT2D eigenvalue weighted by Crippen LogP contribution is 2.03. The minimum atomic E-state index is -0.757. The van der Waals surface area contributed by atoms with Crippen molar-refractivity contribution in [3.63, 3.8) is 0 Å². The average Bonchev–Trinajstić information content (AvgIpc) is 2.43. The van der Waals surface area contributed by atoms with Crippen molar-refractivity contribution in [3.05, 3.63) is 64.6 Å². The zero-order valence-electron chi connectivity index (χ0n) is 9.95. The number of rotatable bonds is 3. The maximum absolute atomic E-state index is 11.5. The van der Waals surface area contributed by atoms with Crippen LogP contribution in [0.3, 0.4) is 0 Å². The van der Waals surface area contributed by atoms with Crippen LogP contribution in [0.25, 0.3) is 0 Å². The number of pyridine rings is 1. The molecule has 1 amide bonds. The largest absolute Gasteiger partial charge is 0.444 e. The topological polar surface area (TPSA) is 80.6 Å². The highest BCUT2D eigenvalue weighted by Gasteiger charge is 2.08. The maximum Gasteiger partial charge on any atom is 0.412 e. The number of carbonyl (C=O) groups excluding carboxylic acids is 1. The van der Waals surface area contributed by atoms with Gasteiger partial charge in [0.15, 0.2) is 0 Å². The Morgan fingerprint density at radius 3 is 2.68 bits per heavy atom. The molecule has 98 valence electrons. The van der Waals surface area contributed by atoms with Gasteiger partial charge in [0, 0.05) is 6.20 Å². The van der Waals surface area contributed by atoms with E-state index in [0.29, 0.717) is 4.73 Å². The molecule has 0 aliphatic heterocycles. The summed E-state index contributed by atoms with van der Waals surface area (Å²) in [6.45, 7) is 0.104. The van der Waals surface area contributed by atoms with Gasteiger partial charge in [-0.25, -0.2) is 4.79 Å². The fourth-order valence-electron chi connectivity index (χ4n) is 1.45. The van der Waals surface area contributed by atoms with Crippen LogP contribution in [0, 0.1) is 0 Å². The van der Waals surface area contributed by atoms with Crippen LogP contribution < -0.4 is 10.9 Å². The van der Waals surface area contributed by atoms with Crippen LogP contribution in [0.2, 0.25) is 0 Å². The van der Waals surface area contributed by atoms with E-state index in [1.54, 1.807) is 0 Å². The lowest BCUT2D eigenvalue weighted by molar-refractivity contribution is 0.154. The standard InChI is InChI=1S/C13H12N2O4/c16-12-11(7-4-8-15(12)18)14-13(17)19-9-10-5-2-1-3-6-10/h1-8,18H,9H2,(H,14,17). The Kier molecular flexibility index (Phi) is 3.82. The highest BCUT2D eigenvalue weighted by molar-refractivity contribution is 5.84. The van der Waals surface area contributed by atoms with Gasteiger partial charge < -0.3 is 9.94 Å². The third kappa shape index (κ3) is 3.35. The van der Waals surface area contributed by atoms with Crippen LogP contribution in [0.15, 0.2) is 53.5 Å². The summed E-state index contributed by atoms with van der Waals surface area (Å²) < 4.78 is 5.33. The number of aromatic nitrogens is 1. The molecular weight excluding hydrogens is 248 g/mol. The van der Waals surface area contributed by atoms with Crippen molar-refractivity contribution in [2.24, 2.45) is 0 Å². The first-order valence-corrected chi connectivity index (χ1v) is 5.55. The summed E-state index contributed by atoms with van der Waals surface area (Å²) in [7, 11) is 0. The van der Waals surface area contributed by atoms with Crippen molar-refractivity contribution < 1.29 is 14.7 Å². The molecule has 0 fully saturated rings. The van der Waals surface area contributed by atoms with Gasteiger partial charge in [-0.1, -0.05) is 30.3 Å². The quantitative estimate of drug-likeness (QED) is 0.825. The Labute approximate surface area is 108 Å². The summed E-state index contributed by atoms with van der Waals surface area (Å²) in [6.07, 6.45) is 0.412. The van der Waals surface area contributed by atoms with E-state index in [1.165, 1.54) is 18.3 Å². The van der Waals surface area contributed by atoms with Gasteiger partial charge in [0.05, 0.1) is 0 Å². The van der Waals surface area contributed by atoms with Gasteiger partial charge in [0.25, 0.3) is 0 Å². The van der Waals surface area contributed by atoms with Crippen LogP contribution in [0.5, 0.6) is 0 Å². The molecule has 0 radical (unpaired) electrons. The van der Waals surface area contributed by atoms with E-state index in [0.717, 1.165) is 5.56 Å². The number of nitrogens with one attached hydrogen (secondary N) is 1. The Bertz CT molecular complexity index is 622. The highest BCUT2D eigenvalue weighted by atomic mass is 16.5. The first kappa shape index (κ1) is 12.7. The molecule has 1 heterocycles. The van der Waals surface area contributed by atoms with Gasteiger partial charge in [0.1, 0.15) is 12.3 Å². The van der Waals surface area contributed by atoms with E-state index in [4.69, 9.17) is 9.94 Å². The molecule has 19 heavy (non-hydrogen) atoms. The second-order valence-corrected chi connectivity index (χ2v) is 3.76. The third-order valence-electron chi connectivity index (χ3n) is 2.38. The molecule has 1 aromatic carbocycles. The summed E-state index contributed by atoms with van der Waals surface area (Å²) in [5, 5.41) is 11.4. The van der Waals surface area contributed by atoms with Crippen LogP contribution >= 0.6 is 0 Å². The van der Waals surface area contributed by atoms with Crippen molar-refractivity contribution in [1.29, 1.82) is 0 Å². The lowest BCUT2D eigenvalue weighted by Gasteiger charge is -2.06. The molecule has 6 nitrogen and oxygen atoms in total. The van der Waals surface area contributed by atoms with Gasteiger partial charge in [-0.05, 0) is 17.7 Å². The molecule has 2 N–H and O–H groups in total. The summed E-state index contributed by atoms with van der Waals surface area (Å²) in [5.41, 5.74) is 0.0625. The zero-order chi connectivity index (χ0) is 13.7. The summed E-state index contributed by atoms with van der Waals surface area (Å²) in [4.78, 5) is 22.9. The zero-order valence-corrected chi connectivity index (χ0v) is 9.95. The van der Waals surface area contributed by atoms with E-state index < -0.39 is 11.7 Å². The average molecular weight is 260 g/mol. The molecule has 2 aromatic rings. The number of anilines is 1. The van der Waals surface area contributed by atoms with E-state index in [1.807, 2.05) is 30.3 Å². The van der Waals surface area contributed by atoms with E-state index in [2.05, 4.69) is 5.32 Å². The van der Waals surface area contributed by atoms with Crippen molar-refractivity contribution in [2.45, 2.75) is 6.61 Å². The van der Waals surface area contributed by atoms with Gasteiger partial charge in [-0.2, -0.15) is 4.73 Å². The molecule has 0 aliphatic carbocycles. The molecular formula is C13H12N2O4. The summed E-state index contributed by atoms with van der Waals surface area (Å²) in [5.74, 6) is 0. The summed E-state index contributed by atoms with van der Waals surface area (Å²) in [6, 6.07) is 12.0. The number of hydrogen-bond acceptors (Lipinski definition) is 4. The second kappa shape index (κ2) is 5.72. The first-order chi connectivity index (χ1) is 9.16. The van der Waals surface area contributed by atoms with E-state index in [-0.39, 0.29) is 12.3 Å². The smallest absolute Gasteiger partial charge is 0.412 e. The van der Waals surface area contributed by atoms with Crippen molar-refractivity contribution in [3.8, 4) is 0 Å². The fraction of sp³-hybridized carbons (Fsp3) is 0.0769. The van der Waals surface area contributed by atoms with Crippen molar-refractivity contribution in [1.82, 2.24) is 4.73 Å². The molecule has 2 rings (SSSR count). The molecule has 6 heteroatoms. The second-order valence-electron chi connectivity index (χ2n) is 3.76. The number of amides is 1. The van der Waals surface area contributed by atoms with Crippen LogP contribution in [0.1, 0.15) is 5.56 Å². The lowest BCUT2D eigenvalue weighted by atomic mass is 10.2. The van der Waals surface area contributed by atoms with Crippen LogP contribution in [-0.4, -0.2) is 16.0 Å². The number of ether oxygens (including phenoxy) is 1. The predicted molar refractivity (Wildman–Crippen MR) is 68.1 cm³/mol. The minimum absolute atomic E-state index is 0.0527. The molecule has 0 atom stereocenters. The Morgan fingerprint density at radius 2 is 1.95 bits per heavy atom. The third-order valence-corrected chi connectivity index (χ3v) is 2.38. The SMILES string of the molecule is O=C(Nc1cccn(O)c1=O)OCc1ccccc1. The van der Waals surface area contributed by atoms with Crippen LogP contribution in [-0.2, 0) is 11.3 Å². The fourth-order valence-corrected chi connectivity index (χ4v) is 1.45. The molecule has 0 saturated heterocycles. The first-order valence-electron chi connectivity index (χ1n) is 5.55. The Morgan fingerprint density at radius 1 is 1.21 bits per heavy atom. The van der Waals surface area contributed by atoms with Crippen molar-refractivity contribution >= 4 is 11.8 Å². The van der Waals surface area contributed by atoms with Gasteiger partial charge in [-0.15, -0.1) is 0 Å². The summed E-state index contributed by atoms with van der Waals surface area (Å²) >= 11 is 0. The number of benzene rings is 1. The molecule has 0 unspecified atom stereocenters. The number of nitrogens with zero attached hydrogens (tertiary/aromatic N) is 1. The maximum atomic E-state index is 11.5. The molecule has 0 bridgehead atoms. The van der Waals surface area contributed by atoms with Crippen LogP contribution in [0.4, 0.5) is 10.5 Å². The number of hydrogen-bond donors (Lipinski definition) is 2. The molecule has 0 saturated carbocycles. The van der Waals surface area contributed by atoms with Crippen molar-refractivity contribution in [2.75, 3.05) is 5.32 Å². The molecule has 0 spiro atoms. The van der Waals surface area contributed by atoms with Gasteiger partial charge in [-0.3, -0.25) is 10.1 Å². The Hall–Kier alpha value is -2.76. The Balaban J connectivity index is 1.95. The van der Waals surface area contributed by atoms with E-state index in [9.17, 15) is 9.59 Å².